The normalized spacial score (nSPS) is 13.4. The number of benzene rings is 1. The first kappa shape index (κ1) is 18.4. The van der Waals surface area contributed by atoms with Crippen LogP contribution in [0.15, 0.2) is 29.2 Å². The predicted molar refractivity (Wildman–Crippen MR) is 97.0 cm³/mol. The number of hydrogen-bond acceptors (Lipinski definition) is 1. The van der Waals surface area contributed by atoms with Crippen LogP contribution in [0.3, 0.4) is 0 Å². The van der Waals surface area contributed by atoms with Crippen LogP contribution in [0.2, 0.25) is 0 Å². The molecule has 1 nitrogen and oxygen atoms in total. The topological polar surface area (TPSA) is 17.1 Å². The zero-order valence-corrected chi connectivity index (χ0v) is 15.5. The first-order valence-corrected chi connectivity index (χ1v) is 10.6. The van der Waals surface area contributed by atoms with E-state index >= 15 is 0 Å². The molecule has 1 aromatic carbocycles. The fourth-order valence-electron chi connectivity index (χ4n) is 2.69. The van der Waals surface area contributed by atoms with Crippen molar-refractivity contribution in [2.24, 2.45) is 5.41 Å². The van der Waals surface area contributed by atoms with Gasteiger partial charge in [-0.2, -0.15) is 0 Å². The van der Waals surface area contributed by atoms with Crippen LogP contribution >= 0.6 is 0 Å². The van der Waals surface area contributed by atoms with Crippen molar-refractivity contribution < 1.29 is 4.21 Å². The summed E-state index contributed by atoms with van der Waals surface area (Å²) in [7, 11) is -2.18. The van der Waals surface area contributed by atoms with Gasteiger partial charge in [0.2, 0.25) is 0 Å². The lowest BCUT2D eigenvalue weighted by Crippen LogP contribution is -2.21. The Bertz CT molecular complexity index is 441. The molecule has 0 heterocycles. The van der Waals surface area contributed by atoms with Crippen molar-refractivity contribution in [1.82, 2.24) is 0 Å². The molecule has 0 unspecified atom stereocenters. The largest absolute Gasteiger partial charge is 0.280 e. The smallest absolute Gasteiger partial charge is 0.0147 e. The van der Waals surface area contributed by atoms with Crippen LogP contribution in [0, 0.1) is 5.41 Å². The first-order valence-electron chi connectivity index (χ1n) is 8.48. The van der Waals surface area contributed by atoms with Crippen molar-refractivity contribution in [2.45, 2.75) is 71.6 Å². The van der Waals surface area contributed by atoms with E-state index in [4.69, 9.17) is 0 Å². The second-order valence-corrected chi connectivity index (χ2v) is 10.6. The van der Waals surface area contributed by atoms with Crippen molar-refractivity contribution >= 4 is 9.93 Å². The summed E-state index contributed by atoms with van der Waals surface area (Å²) < 4.78 is 13.3. The van der Waals surface area contributed by atoms with Crippen LogP contribution in [0.5, 0.6) is 0 Å². The van der Waals surface area contributed by atoms with Crippen molar-refractivity contribution in [3.63, 3.8) is 0 Å². The Morgan fingerprint density at radius 2 is 1.38 bits per heavy atom. The number of hydrogen-bond donors (Lipinski definition) is 1. The van der Waals surface area contributed by atoms with Crippen LogP contribution in [0.1, 0.15) is 65.9 Å². The number of rotatable bonds is 8. The standard InChI is InChI=1S/C19H34OS/c1-6-8-14-21(20,15-9-7-2)18-12-10-17(11-13-18)16-19(3,4)5/h10-13,21H,6-9,14-16H2,1-5H3. The monoisotopic (exact) mass is 310 g/mol. The van der Waals surface area contributed by atoms with E-state index in [1.54, 1.807) is 0 Å². The molecule has 0 fully saturated rings. The van der Waals surface area contributed by atoms with Gasteiger partial charge in [-0.25, -0.2) is 0 Å². The molecule has 0 bridgehead atoms. The highest BCUT2D eigenvalue weighted by Crippen LogP contribution is 2.26. The molecule has 1 rings (SSSR count). The van der Waals surface area contributed by atoms with E-state index < -0.39 is 9.93 Å². The Balaban J connectivity index is 2.90. The van der Waals surface area contributed by atoms with Gasteiger partial charge < -0.3 is 0 Å². The fourth-order valence-corrected chi connectivity index (χ4v) is 5.78. The number of unbranched alkanes of at least 4 members (excludes halogenated alkanes) is 2. The van der Waals surface area contributed by atoms with Gasteiger partial charge in [-0.1, -0.05) is 69.5 Å². The van der Waals surface area contributed by atoms with Crippen LogP contribution in [-0.2, 0) is 16.4 Å². The zero-order chi connectivity index (χ0) is 15.9. The Morgan fingerprint density at radius 3 is 1.76 bits per heavy atom. The maximum absolute atomic E-state index is 13.3. The minimum atomic E-state index is -2.18. The summed E-state index contributed by atoms with van der Waals surface area (Å²) in [6.45, 7) is 11.1. The molecule has 0 N–H and O–H groups in total. The molecule has 21 heavy (non-hydrogen) atoms. The average molecular weight is 311 g/mol. The summed E-state index contributed by atoms with van der Waals surface area (Å²) >= 11 is 0. The lowest BCUT2D eigenvalue weighted by atomic mass is 9.88. The average Bonchev–Trinajstić information content (AvgIpc) is 2.42. The zero-order valence-electron chi connectivity index (χ0n) is 14.6. The minimum Gasteiger partial charge on any atom is -0.280 e. The minimum absolute atomic E-state index is 0.301. The SMILES string of the molecule is CCCC[SH](=O)(CCCC)c1ccc(CC(C)(C)C)cc1. The summed E-state index contributed by atoms with van der Waals surface area (Å²) in [5.41, 5.74) is 1.65. The molecule has 0 aliphatic heterocycles. The van der Waals surface area contributed by atoms with Gasteiger partial charge in [-0.15, -0.1) is 0 Å². The van der Waals surface area contributed by atoms with E-state index in [0.717, 1.165) is 48.5 Å². The van der Waals surface area contributed by atoms with Gasteiger partial charge in [0, 0.05) is 16.4 Å². The third kappa shape index (κ3) is 6.34. The van der Waals surface area contributed by atoms with Crippen LogP contribution < -0.4 is 0 Å². The Hall–Kier alpha value is -0.630. The summed E-state index contributed by atoms with van der Waals surface area (Å²) in [6.07, 6.45) is 5.47. The van der Waals surface area contributed by atoms with E-state index in [9.17, 15) is 4.21 Å². The van der Waals surface area contributed by atoms with Gasteiger partial charge in [0.05, 0.1) is 0 Å². The molecule has 0 saturated heterocycles. The molecule has 0 aliphatic carbocycles. The maximum atomic E-state index is 13.3. The van der Waals surface area contributed by atoms with E-state index in [1.165, 1.54) is 5.56 Å². The van der Waals surface area contributed by atoms with Gasteiger partial charge in [-0.05, 0) is 42.4 Å². The molecule has 0 spiro atoms. The van der Waals surface area contributed by atoms with Gasteiger partial charge in [0.1, 0.15) is 0 Å². The second-order valence-electron chi connectivity index (χ2n) is 7.45. The lowest BCUT2D eigenvalue weighted by Gasteiger charge is -2.25. The molecule has 0 aliphatic rings. The maximum Gasteiger partial charge on any atom is 0.0147 e. The lowest BCUT2D eigenvalue weighted by molar-refractivity contribution is 0.411. The summed E-state index contributed by atoms with van der Waals surface area (Å²) in [4.78, 5) is 1.10. The van der Waals surface area contributed by atoms with Gasteiger partial charge in [0.15, 0.2) is 0 Å². The predicted octanol–water partition coefficient (Wildman–Crippen LogP) is 5.25. The van der Waals surface area contributed by atoms with Gasteiger partial charge >= 0.3 is 0 Å². The molecule has 0 aromatic heterocycles. The highest BCUT2D eigenvalue weighted by Gasteiger charge is 2.18. The molecule has 2 heteroatoms. The number of thiol groups is 1. The van der Waals surface area contributed by atoms with E-state index in [2.05, 4.69) is 58.9 Å². The fraction of sp³-hybridized carbons (Fsp3) is 0.684. The van der Waals surface area contributed by atoms with E-state index in [-0.39, 0.29) is 0 Å². The quantitative estimate of drug-likeness (QED) is 0.649. The highest BCUT2D eigenvalue weighted by molar-refractivity contribution is 8.03. The second kappa shape index (κ2) is 8.12. The third-order valence-corrected chi connectivity index (χ3v) is 7.20. The van der Waals surface area contributed by atoms with E-state index in [0.29, 0.717) is 5.41 Å². The van der Waals surface area contributed by atoms with Crippen molar-refractivity contribution in [3.8, 4) is 0 Å². The molecule has 122 valence electrons. The molecular weight excluding hydrogens is 276 g/mol. The molecular formula is C19H34OS. The van der Waals surface area contributed by atoms with Gasteiger partial charge in [0.25, 0.3) is 0 Å². The van der Waals surface area contributed by atoms with Crippen molar-refractivity contribution in [3.05, 3.63) is 29.8 Å². The first-order chi connectivity index (χ1) is 9.80. The molecule has 0 amide bonds. The van der Waals surface area contributed by atoms with Crippen LogP contribution in [0.25, 0.3) is 0 Å². The molecule has 0 saturated carbocycles. The summed E-state index contributed by atoms with van der Waals surface area (Å²) in [6, 6.07) is 8.64. The van der Waals surface area contributed by atoms with Crippen LogP contribution in [-0.4, -0.2) is 15.7 Å². The third-order valence-electron chi connectivity index (χ3n) is 3.89. The molecule has 0 radical (unpaired) electrons. The summed E-state index contributed by atoms with van der Waals surface area (Å²) in [5, 5.41) is 0. The molecule has 1 aromatic rings. The van der Waals surface area contributed by atoms with Gasteiger partial charge in [-0.3, -0.25) is 4.21 Å². The molecule has 0 atom stereocenters. The Kier molecular flexibility index (Phi) is 7.12. The highest BCUT2D eigenvalue weighted by atomic mass is 32.2. The van der Waals surface area contributed by atoms with Crippen molar-refractivity contribution in [2.75, 3.05) is 11.5 Å². The Morgan fingerprint density at radius 1 is 0.905 bits per heavy atom. The Labute approximate surface area is 133 Å². The van der Waals surface area contributed by atoms with Crippen LogP contribution in [0.4, 0.5) is 0 Å². The van der Waals surface area contributed by atoms with E-state index in [1.807, 2.05) is 0 Å². The van der Waals surface area contributed by atoms with Crippen molar-refractivity contribution in [1.29, 1.82) is 0 Å². The summed E-state index contributed by atoms with van der Waals surface area (Å²) in [5.74, 6) is 1.75.